The number of primary amides is 1. The lowest BCUT2D eigenvalue weighted by atomic mass is 9.78. The molecular weight excluding hydrogens is 380 g/mol. The summed E-state index contributed by atoms with van der Waals surface area (Å²) in [5.41, 5.74) is 7.40. The first-order valence-corrected chi connectivity index (χ1v) is 9.88. The van der Waals surface area contributed by atoms with Gasteiger partial charge in [-0.15, -0.1) is 11.3 Å². The molecule has 2 aromatic rings. The number of nitrogens with two attached hydrogens (primary N) is 1. The molecule has 0 aliphatic carbocycles. The van der Waals surface area contributed by atoms with E-state index in [0.29, 0.717) is 23.4 Å². The third-order valence-corrected chi connectivity index (χ3v) is 6.51. The highest BCUT2D eigenvalue weighted by Gasteiger charge is 2.55. The average molecular weight is 400 g/mol. The van der Waals surface area contributed by atoms with Crippen LogP contribution in [0.15, 0.2) is 30.3 Å². The molecule has 2 saturated heterocycles. The summed E-state index contributed by atoms with van der Waals surface area (Å²) >= 11 is 1.26. The first-order chi connectivity index (χ1) is 13.4. The standard InChI is InChI=1S/C20H20N2O5S/c1-9-13(10-5-3-2-4-6-10)16(17(21)23)19(28-9)22-18(24)14-11-7-8-12(27-11)15(14)20(25)26/h2-6,11-12,14-15H,7-8H2,1H3,(H2,21,23)(H,22,24)(H,25,26)/t11-,12-,14+,15-/m0/s1. The van der Waals surface area contributed by atoms with E-state index in [1.165, 1.54) is 11.3 Å². The molecular formula is C20H20N2O5S. The van der Waals surface area contributed by atoms with E-state index >= 15 is 0 Å². The minimum Gasteiger partial charge on any atom is -0.481 e. The average Bonchev–Trinajstić information content (AvgIpc) is 3.34. The number of benzene rings is 1. The van der Waals surface area contributed by atoms with Crippen molar-refractivity contribution in [1.29, 1.82) is 0 Å². The first kappa shape index (κ1) is 18.6. The Morgan fingerprint density at radius 1 is 1.14 bits per heavy atom. The van der Waals surface area contributed by atoms with Crippen molar-refractivity contribution in [3.63, 3.8) is 0 Å². The summed E-state index contributed by atoms with van der Waals surface area (Å²) in [5.74, 6) is -3.76. The van der Waals surface area contributed by atoms with Crippen LogP contribution in [0.4, 0.5) is 5.00 Å². The van der Waals surface area contributed by atoms with Gasteiger partial charge < -0.3 is 20.9 Å². The fourth-order valence-corrected chi connectivity index (χ4v) is 5.42. The van der Waals surface area contributed by atoms with Crippen LogP contribution in [0.5, 0.6) is 0 Å². The molecule has 0 spiro atoms. The molecule has 4 rings (SSSR count). The van der Waals surface area contributed by atoms with Crippen molar-refractivity contribution in [2.24, 2.45) is 17.6 Å². The van der Waals surface area contributed by atoms with Crippen molar-refractivity contribution in [3.8, 4) is 11.1 Å². The molecule has 2 aliphatic heterocycles. The summed E-state index contributed by atoms with van der Waals surface area (Å²) < 4.78 is 5.66. The van der Waals surface area contributed by atoms with Gasteiger partial charge in [-0.2, -0.15) is 0 Å². The third-order valence-electron chi connectivity index (χ3n) is 5.49. The lowest BCUT2D eigenvalue weighted by molar-refractivity contribution is -0.147. The predicted molar refractivity (Wildman–Crippen MR) is 104 cm³/mol. The Morgan fingerprint density at radius 3 is 2.39 bits per heavy atom. The number of aliphatic carboxylic acids is 1. The number of fused-ring (bicyclic) bond motifs is 2. The maximum absolute atomic E-state index is 13.0. The number of anilines is 1. The SMILES string of the molecule is Cc1sc(NC(=O)[C@H]2[C@@H](C(=O)O)[C@@H]3CC[C@@H]2O3)c(C(N)=O)c1-c1ccccc1. The van der Waals surface area contributed by atoms with Gasteiger partial charge in [0, 0.05) is 10.4 Å². The monoisotopic (exact) mass is 400 g/mol. The number of hydrogen-bond acceptors (Lipinski definition) is 5. The van der Waals surface area contributed by atoms with E-state index < -0.39 is 41.8 Å². The number of amides is 2. The van der Waals surface area contributed by atoms with Crippen molar-refractivity contribution < 1.29 is 24.2 Å². The van der Waals surface area contributed by atoms with E-state index in [1.54, 1.807) is 0 Å². The Labute approximate surface area is 165 Å². The molecule has 0 unspecified atom stereocenters. The molecule has 0 saturated carbocycles. The topological polar surface area (TPSA) is 119 Å². The van der Waals surface area contributed by atoms with E-state index in [0.717, 1.165) is 10.4 Å². The molecule has 28 heavy (non-hydrogen) atoms. The zero-order valence-corrected chi connectivity index (χ0v) is 16.0. The van der Waals surface area contributed by atoms with Crippen molar-refractivity contribution in [2.75, 3.05) is 5.32 Å². The smallest absolute Gasteiger partial charge is 0.310 e. The van der Waals surface area contributed by atoms with Crippen LogP contribution < -0.4 is 11.1 Å². The van der Waals surface area contributed by atoms with Crippen LogP contribution in [0.1, 0.15) is 28.1 Å². The van der Waals surface area contributed by atoms with Gasteiger partial charge in [0.1, 0.15) is 5.00 Å². The zero-order chi connectivity index (χ0) is 20.0. The molecule has 3 heterocycles. The molecule has 4 atom stereocenters. The van der Waals surface area contributed by atoms with E-state index in [-0.39, 0.29) is 5.56 Å². The van der Waals surface area contributed by atoms with Crippen molar-refractivity contribution in [3.05, 3.63) is 40.8 Å². The van der Waals surface area contributed by atoms with E-state index in [1.807, 2.05) is 37.3 Å². The molecule has 8 heteroatoms. The number of hydrogen-bond donors (Lipinski definition) is 3. The Balaban J connectivity index is 1.68. The van der Waals surface area contributed by atoms with Crippen LogP contribution in [0.3, 0.4) is 0 Å². The first-order valence-electron chi connectivity index (χ1n) is 9.06. The number of carboxylic acid groups (broad SMARTS) is 1. The molecule has 1 aromatic carbocycles. The molecule has 146 valence electrons. The number of thiophene rings is 1. The minimum absolute atomic E-state index is 0.248. The van der Waals surface area contributed by atoms with Crippen LogP contribution in [-0.4, -0.2) is 35.1 Å². The minimum atomic E-state index is -1.03. The third kappa shape index (κ3) is 2.98. The molecule has 2 bridgehead atoms. The lowest BCUT2D eigenvalue weighted by Gasteiger charge is -2.23. The van der Waals surface area contributed by atoms with Gasteiger partial charge in [0.05, 0.1) is 29.6 Å². The molecule has 1 aromatic heterocycles. The second-order valence-corrected chi connectivity index (χ2v) is 8.36. The summed E-state index contributed by atoms with van der Waals surface area (Å²) in [4.78, 5) is 37.6. The number of rotatable bonds is 5. The number of carbonyl (C=O) groups is 3. The van der Waals surface area contributed by atoms with Crippen LogP contribution in [0.2, 0.25) is 0 Å². The Kier molecular flexibility index (Phi) is 4.68. The summed E-state index contributed by atoms with van der Waals surface area (Å²) in [6, 6.07) is 9.34. The highest BCUT2D eigenvalue weighted by molar-refractivity contribution is 7.17. The normalized spacial score (nSPS) is 25.6. The number of carboxylic acids is 1. The van der Waals surface area contributed by atoms with Gasteiger partial charge in [-0.05, 0) is 25.3 Å². The number of carbonyl (C=O) groups excluding carboxylic acids is 2. The van der Waals surface area contributed by atoms with Crippen LogP contribution in [-0.2, 0) is 14.3 Å². The summed E-state index contributed by atoms with van der Waals surface area (Å²) in [7, 11) is 0. The molecule has 2 amide bonds. The second-order valence-electron chi connectivity index (χ2n) is 7.14. The van der Waals surface area contributed by atoms with Gasteiger partial charge in [-0.1, -0.05) is 30.3 Å². The van der Waals surface area contributed by atoms with Gasteiger partial charge >= 0.3 is 5.97 Å². The fourth-order valence-electron chi connectivity index (χ4n) is 4.34. The van der Waals surface area contributed by atoms with E-state index in [4.69, 9.17) is 10.5 Å². The molecule has 0 radical (unpaired) electrons. The number of ether oxygens (including phenoxy) is 1. The zero-order valence-electron chi connectivity index (χ0n) is 15.2. The molecule has 2 aliphatic rings. The maximum atomic E-state index is 13.0. The van der Waals surface area contributed by atoms with Crippen molar-refractivity contribution >= 4 is 34.1 Å². The summed E-state index contributed by atoms with van der Waals surface area (Å²) in [6.45, 7) is 1.86. The van der Waals surface area contributed by atoms with Gasteiger partial charge in [0.25, 0.3) is 5.91 Å². The van der Waals surface area contributed by atoms with E-state index in [9.17, 15) is 19.5 Å². The largest absolute Gasteiger partial charge is 0.481 e. The van der Waals surface area contributed by atoms with E-state index in [2.05, 4.69) is 5.32 Å². The van der Waals surface area contributed by atoms with Gasteiger partial charge in [0.15, 0.2) is 0 Å². The molecule has 4 N–H and O–H groups in total. The molecule has 2 fully saturated rings. The fraction of sp³-hybridized carbons (Fsp3) is 0.350. The van der Waals surface area contributed by atoms with Gasteiger partial charge in [-0.3, -0.25) is 14.4 Å². The van der Waals surface area contributed by atoms with Crippen LogP contribution in [0, 0.1) is 18.8 Å². The van der Waals surface area contributed by atoms with Crippen LogP contribution >= 0.6 is 11.3 Å². The highest BCUT2D eigenvalue weighted by Crippen LogP contribution is 2.45. The number of nitrogens with one attached hydrogen (secondary N) is 1. The Morgan fingerprint density at radius 2 is 1.79 bits per heavy atom. The lowest BCUT2D eigenvalue weighted by Crippen LogP contribution is -2.41. The number of aryl methyl sites for hydroxylation is 1. The van der Waals surface area contributed by atoms with Crippen molar-refractivity contribution in [2.45, 2.75) is 32.0 Å². The summed E-state index contributed by atoms with van der Waals surface area (Å²) in [5, 5.41) is 12.6. The summed E-state index contributed by atoms with van der Waals surface area (Å²) in [6.07, 6.45) is 0.471. The predicted octanol–water partition coefficient (Wildman–Crippen LogP) is 2.64. The maximum Gasteiger partial charge on any atom is 0.310 e. The highest BCUT2D eigenvalue weighted by atomic mass is 32.1. The molecule has 7 nitrogen and oxygen atoms in total. The van der Waals surface area contributed by atoms with Crippen LogP contribution in [0.25, 0.3) is 11.1 Å². The van der Waals surface area contributed by atoms with Gasteiger partial charge in [-0.25, -0.2) is 0 Å². The van der Waals surface area contributed by atoms with Gasteiger partial charge in [0.2, 0.25) is 5.91 Å². The Hall–Kier alpha value is -2.71. The Bertz CT molecular complexity index is 955. The van der Waals surface area contributed by atoms with Crippen molar-refractivity contribution in [1.82, 2.24) is 0 Å². The quantitative estimate of drug-likeness (QED) is 0.713. The second kappa shape index (κ2) is 7.03.